The maximum Gasteiger partial charge on any atom is 0.306 e. The molecule has 1 aliphatic rings. The molecule has 2 heterocycles. The number of nitrogens with zero attached hydrogens (tertiary/aromatic N) is 1. The summed E-state index contributed by atoms with van der Waals surface area (Å²) in [5.74, 6) is 0.445. The maximum absolute atomic E-state index is 12.8. The number of hydrogen-bond acceptors (Lipinski definition) is 5. The van der Waals surface area contributed by atoms with Gasteiger partial charge in [-0.05, 0) is 38.1 Å². The van der Waals surface area contributed by atoms with E-state index in [1.54, 1.807) is 13.0 Å². The number of ether oxygens (including phenoxy) is 1. The number of ketones is 1. The Balaban J connectivity index is 1.77. The Kier molecular flexibility index (Phi) is 4.27. The topological polar surface area (TPSA) is 74.6 Å². The maximum atomic E-state index is 12.8. The lowest BCUT2D eigenvalue weighted by molar-refractivity contribution is 0.101. The highest BCUT2D eigenvalue weighted by molar-refractivity contribution is 7.86. The van der Waals surface area contributed by atoms with Crippen LogP contribution in [0.4, 0.5) is 0 Å². The summed E-state index contributed by atoms with van der Waals surface area (Å²) in [6, 6.07) is 11.0. The second-order valence-corrected chi connectivity index (χ2v) is 8.26. The molecule has 144 valence electrons. The molecule has 0 spiro atoms. The van der Waals surface area contributed by atoms with Gasteiger partial charge in [-0.25, -0.2) is 0 Å². The Hall–Kier alpha value is -3.06. The molecular weight excluding hydrogens is 378 g/mol. The number of fused-ring (bicyclic) bond motifs is 2. The molecule has 0 bridgehead atoms. The van der Waals surface area contributed by atoms with Crippen molar-refractivity contribution in [2.24, 2.45) is 0 Å². The highest BCUT2D eigenvalue weighted by Gasteiger charge is 2.31. The molecule has 0 fully saturated rings. The van der Waals surface area contributed by atoms with E-state index in [-0.39, 0.29) is 17.3 Å². The first kappa shape index (κ1) is 18.3. The zero-order chi connectivity index (χ0) is 20.1. The van der Waals surface area contributed by atoms with E-state index in [4.69, 9.17) is 8.92 Å². The van der Waals surface area contributed by atoms with Gasteiger partial charge in [0.15, 0.2) is 5.76 Å². The van der Waals surface area contributed by atoms with Crippen molar-refractivity contribution in [1.29, 1.82) is 0 Å². The van der Waals surface area contributed by atoms with Crippen LogP contribution in [0.15, 0.2) is 48.4 Å². The van der Waals surface area contributed by atoms with Crippen molar-refractivity contribution in [2.75, 3.05) is 6.26 Å². The van der Waals surface area contributed by atoms with Crippen molar-refractivity contribution in [2.45, 2.75) is 20.4 Å². The molecule has 0 unspecified atom stereocenters. The van der Waals surface area contributed by atoms with Crippen LogP contribution in [0.5, 0.6) is 11.5 Å². The van der Waals surface area contributed by atoms with E-state index in [1.807, 2.05) is 30.5 Å². The Morgan fingerprint density at radius 1 is 1.18 bits per heavy atom. The van der Waals surface area contributed by atoms with E-state index in [1.165, 1.54) is 12.1 Å². The van der Waals surface area contributed by atoms with Crippen LogP contribution < -0.4 is 8.92 Å². The molecular formula is C21H19NO5S. The number of aryl methyl sites for hydroxylation is 1. The fourth-order valence-electron chi connectivity index (χ4n) is 3.41. The number of para-hydroxylation sites is 1. The van der Waals surface area contributed by atoms with Gasteiger partial charge in [0.05, 0.1) is 11.8 Å². The first-order valence-electron chi connectivity index (χ1n) is 8.83. The van der Waals surface area contributed by atoms with Crippen LogP contribution >= 0.6 is 0 Å². The van der Waals surface area contributed by atoms with Crippen molar-refractivity contribution in [3.63, 3.8) is 0 Å². The zero-order valence-electron chi connectivity index (χ0n) is 15.7. The summed E-state index contributed by atoms with van der Waals surface area (Å²) in [4.78, 5) is 12.8. The van der Waals surface area contributed by atoms with Gasteiger partial charge in [0.1, 0.15) is 11.5 Å². The van der Waals surface area contributed by atoms with Crippen LogP contribution in [0.2, 0.25) is 0 Å². The van der Waals surface area contributed by atoms with Crippen LogP contribution in [-0.2, 0) is 16.7 Å². The van der Waals surface area contributed by atoms with Gasteiger partial charge >= 0.3 is 10.1 Å². The quantitative estimate of drug-likeness (QED) is 0.493. The molecule has 0 amide bonds. The molecule has 6 nitrogen and oxygen atoms in total. The predicted octanol–water partition coefficient (Wildman–Crippen LogP) is 3.92. The molecule has 3 aromatic rings. The fourth-order valence-corrected chi connectivity index (χ4v) is 3.92. The summed E-state index contributed by atoms with van der Waals surface area (Å²) in [5, 5.41) is 1.03. The van der Waals surface area contributed by atoms with E-state index in [0.29, 0.717) is 16.9 Å². The van der Waals surface area contributed by atoms with E-state index >= 15 is 0 Å². The molecule has 0 aliphatic carbocycles. The van der Waals surface area contributed by atoms with Gasteiger partial charge in [0, 0.05) is 34.8 Å². The smallest absolute Gasteiger partial charge is 0.306 e. The third-order valence-corrected chi connectivity index (χ3v) is 5.21. The number of benzene rings is 2. The summed E-state index contributed by atoms with van der Waals surface area (Å²) < 4.78 is 35.8. The standard InChI is InChI=1S/C21H19NO5S/c1-4-22-12-14(15-7-5-6-8-17(15)22)11-19-20(23)16-9-10-18(27-28(3,24)25)13(2)21(16)26-19/h5-12H,4H2,1-3H3/b19-11+. The molecule has 7 heteroatoms. The third kappa shape index (κ3) is 3.07. The predicted molar refractivity (Wildman–Crippen MR) is 107 cm³/mol. The van der Waals surface area contributed by atoms with Crippen LogP contribution in [-0.4, -0.2) is 25.0 Å². The Morgan fingerprint density at radius 3 is 2.64 bits per heavy atom. The number of aromatic nitrogens is 1. The number of carbonyl (C=O) groups is 1. The molecule has 2 aromatic carbocycles. The van der Waals surface area contributed by atoms with Crippen LogP contribution in [0.3, 0.4) is 0 Å². The van der Waals surface area contributed by atoms with Gasteiger partial charge < -0.3 is 13.5 Å². The third-order valence-electron chi connectivity index (χ3n) is 4.72. The Labute approximate surface area is 163 Å². The molecule has 28 heavy (non-hydrogen) atoms. The van der Waals surface area contributed by atoms with Crippen molar-refractivity contribution in [1.82, 2.24) is 4.57 Å². The monoisotopic (exact) mass is 397 g/mol. The van der Waals surface area contributed by atoms with E-state index in [0.717, 1.165) is 29.3 Å². The largest absolute Gasteiger partial charge is 0.452 e. The minimum absolute atomic E-state index is 0.151. The van der Waals surface area contributed by atoms with Crippen molar-refractivity contribution in [3.05, 3.63) is 65.0 Å². The molecule has 1 aliphatic heterocycles. The van der Waals surface area contributed by atoms with Crippen molar-refractivity contribution >= 4 is 32.9 Å². The lowest BCUT2D eigenvalue weighted by Gasteiger charge is -2.09. The van der Waals surface area contributed by atoms with Crippen LogP contribution in [0.1, 0.15) is 28.4 Å². The highest BCUT2D eigenvalue weighted by atomic mass is 32.2. The summed E-state index contributed by atoms with van der Waals surface area (Å²) >= 11 is 0. The number of rotatable bonds is 4. The molecule has 0 radical (unpaired) electrons. The summed E-state index contributed by atoms with van der Waals surface area (Å²) in [6.45, 7) is 4.53. The average Bonchev–Trinajstić information content (AvgIpc) is 3.16. The number of hydrogen-bond donors (Lipinski definition) is 0. The van der Waals surface area contributed by atoms with Gasteiger partial charge in [0.25, 0.3) is 0 Å². The minimum Gasteiger partial charge on any atom is -0.452 e. The van der Waals surface area contributed by atoms with Gasteiger partial charge in [-0.15, -0.1) is 0 Å². The lowest BCUT2D eigenvalue weighted by Crippen LogP contribution is -2.07. The van der Waals surface area contributed by atoms with E-state index in [9.17, 15) is 13.2 Å². The fraction of sp³-hybridized carbons (Fsp3) is 0.190. The summed E-state index contributed by atoms with van der Waals surface area (Å²) in [5.41, 5.74) is 2.83. The van der Waals surface area contributed by atoms with Gasteiger partial charge in [-0.2, -0.15) is 8.42 Å². The van der Waals surface area contributed by atoms with Gasteiger partial charge in [-0.3, -0.25) is 4.79 Å². The minimum atomic E-state index is -3.68. The molecule has 1 aromatic heterocycles. The second-order valence-electron chi connectivity index (χ2n) is 6.68. The number of allylic oxidation sites excluding steroid dienone is 1. The molecule has 4 rings (SSSR count). The normalized spacial score (nSPS) is 15.1. The number of carbonyl (C=O) groups excluding carboxylic acids is 1. The SMILES string of the molecule is CCn1cc(/C=C2/Oc3c(ccc(OS(C)(=O)=O)c3C)C2=O)c2ccccc21. The zero-order valence-corrected chi connectivity index (χ0v) is 16.5. The summed E-state index contributed by atoms with van der Waals surface area (Å²) in [6.07, 6.45) is 4.69. The molecule has 0 saturated carbocycles. The Bertz CT molecular complexity index is 1250. The van der Waals surface area contributed by atoms with Crippen molar-refractivity contribution in [3.8, 4) is 11.5 Å². The highest BCUT2D eigenvalue weighted by Crippen LogP contribution is 2.40. The van der Waals surface area contributed by atoms with Crippen LogP contribution in [0.25, 0.3) is 17.0 Å². The second kappa shape index (κ2) is 6.53. The van der Waals surface area contributed by atoms with E-state index < -0.39 is 10.1 Å². The molecule has 0 saturated heterocycles. The Morgan fingerprint density at radius 2 is 1.93 bits per heavy atom. The molecule has 0 atom stereocenters. The average molecular weight is 397 g/mol. The van der Waals surface area contributed by atoms with Crippen molar-refractivity contribution < 1.29 is 22.1 Å². The lowest BCUT2D eigenvalue weighted by atomic mass is 10.1. The van der Waals surface area contributed by atoms with Gasteiger partial charge in [-0.1, -0.05) is 18.2 Å². The van der Waals surface area contributed by atoms with Gasteiger partial charge in [0.2, 0.25) is 5.78 Å². The van der Waals surface area contributed by atoms with E-state index in [2.05, 4.69) is 11.5 Å². The first-order chi connectivity index (χ1) is 13.3. The number of Topliss-reactive ketones (excluding diaryl/α,β-unsaturated/α-hetero) is 1. The molecule has 0 N–H and O–H groups in total. The first-order valence-corrected chi connectivity index (χ1v) is 10.7. The summed E-state index contributed by atoms with van der Waals surface area (Å²) in [7, 11) is -3.68. The van der Waals surface area contributed by atoms with Crippen LogP contribution in [0, 0.1) is 6.92 Å².